The van der Waals surface area contributed by atoms with Crippen LogP contribution in [0.3, 0.4) is 0 Å². The lowest BCUT2D eigenvalue weighted by Gasteiger charge is -2.10. The molecule has 3 aromatic rings. The monoisotopic (exact) mass is 440 g/mol. The molecule has 0 aliphatic rings. The second kappa shape index (κ2) is 10.0. The molecule has 0 fully saturated rings. The van der Waals surface area contributed by atoms with Gasteiger partial charge in [0.25, 0.3) is 15.6 Å². The number of nitrogens with zero attached hydrogens (tertiary/aromatic N) is 2. The van der Waals surface area contributed by atoms with Crippen molar-refractivity contribution in [2.45, 2.75) is 31.2 Å². The zero-order valence-corrected chi connectivity index (χ0v) is 17.9. The summed E-state index contributed by atoms with van der Waals surface area (Å²) >= 11 is 0. The van der Waals surface area contributed by atoms with E-state index in [0.29, 0.717) is 25.1 Å². The predicted octanol–water partition coefficient (Wildman–Crippen LogP) is 2.69. The van der Waals surface area contributed by atoms with E-state index in [2.05, 4.69) is 10.4 Å². The quantitative estimate of drug-likeness (QED) is 0.523. The van der Waals surface area contributed by atoms with Crippen LogP contribution < -0.4 is 15.6 Å². The van der Waals surface area contributed by atoms with Crippen molar-refractivity contribution in [3.8, 4) is 11.3 Å². The van der Waals surface area contributed by atoms with Gasteiger partial charge in [-0.05, 0) is 38.0 Å². The summed E-state index contributed by atoms with van der Waals surface area (Å²) in [6.45, 7) is 2.50. The van der Waals surface area contributed by atoms with Crippen molar-refractivity contribution in [1.29, 1.82) is 0 Å². The van der Waals surface area contributed by atoms with E-state index in [1.807, 2.05) is 42.0 Å². The fraction of sp³-hybridized carbons (Fsp3) is 0.227. The first-order valence-electron chi connectivity index (χ1n) is 9.86. The smallest absolute Gasteiger partial charge is 0.328 e. The standard InChI is InChI=1S/C22H24N4O4S/c1-17-9-11-19(12-10-17)31(29,30)25-22(28)23-15-5-6-16-26-21(27)14-13-20(24-26)18-7-3-2-4-8-18/h2-4,7-14H,5-6,15-16H2,1H3,(H2,23,25,28). The molecule has 2 aromatic carbocycles. The molecule has 0 radical (unpaired) electrons. The number of nitrogens with one attached hydrogen (secondary N) is 2. The molecule has 1 aromatic heterocycles. The van der Waals surface area contributed by atoms with Gasteiger partial charge in [0.2, 0.25) is 0 Å². The summed E-state index contributed by atoms with van der Waals surface area (Å²) in [5.41, 5.74) is 2.35. The van der Waals surface area contributed by atoms with E-state index in [4.69, 9.17) is 0 Å². The van der Waals surface area contributed by atoms with E-state index < -0.39 is 16.1 Å². The van der Waals surface area contributed by atoms with Gasteiger partial charge in [-0.1, -0.05) is 48.0 Å². The Morgan fingerprint density at radius 3 is 2.39 bits per heavy atom. The van der Waals surface area contributed by atoms with Crippen LogP contribution in [0.2, 0.25) is 0 Å². The first-order chi connectivity index (χ1) is 14.8. The number of hydrogen-bond acceptors (Lipinski definition) is 5. The molecule has 9 heteroatoms. The molecular formula is C22H24N4O4S. The lowest BCUT2D eigenvalue weighted by molar-refractivity contribution is 0.245. The van der Waals surface area contributed by atoms with Crippen LogP contribution in [-0.4, -0.2) is 30.8 Å². The number of aromatic nitrogens is 2. The Kier molecular flexibility index (Phi) is 7.19. The molecule has 0 spiro atoms. The highest BCUT2D eigenvalue weighted by molar-refractivity contribution is 7.90. The second-order valence-electron chi connectivity index (χ2n) is 7.03. The maximum Gasteiger partial charge on any atom is 0.328 e. The minimum atomic E-state index is -3.92. The highest BCUT2D eigenvalue weighted by atomic mass is 32.2. The van der Waals surface area contributed by atoms with Gasteiger partial charge in [0.15, 0.2) is 0 Å². The van der Waals surface area contributed by atoms with E-state index in [-0.39, 0.29) is 17.0 Å². The number of carbonyl (C=O) groups is 1. The number of aryl methyl sites for hydroxylation is 2. The SMILES string of the molecule is Cc1ccc(S(=O)(=O)NC(=O)NCCCCn2nc(-c3ccccc3)ccc2=O)cc1. The molecule has 2 N–H and O–H groups in total. The summed E-state index contributed by atoms with van der Waals surface area (Å²) in [4.78, 5) is 24.0. The third-order valence-corrected chi connectivity index (χ3v) is 5.92. The van der Waals surface area contributed by atoms with Crippen molar-refractivity contribution in [2.24, 2.45) is 0 Å². The van der Waals surface area contributed by atoms with Crippen molar-refractivity contribution >= 4 is 16.1 Å². The summed E-state index contributed by atoms with van der Waals surface area (Å²) < 4.78 is 27.8. The van der Waals surface area contributed by atoms with Gasteiger partial charge in [0, 0.05) is 24.7 Å². The van der Waals surface area contributed by atoms with Crippen LogP contribution >= 0.6 is 0 Å². The fourth-order valence-electron chi connectivity index (χ4n) is 2.89. The molecule has 0 aliphatic heterocycles. The second-order valence-corrected chi connectivity index (χ2v) is 8.71. The molecule has 0 atom stereocenters. The van der Waals surface area contributed by atoms with Gasteiger partial charge in [-0.15, -0.1) is 0 Å². The molecule has 3 rings (SSSR count). The van der Waals surface area contributed by atoms with Gasteiger partial charge in [-0.25, -0.2) is 22.6 Å². The summed E-state index contributed by atoms with van der Waals surface area (Å²) in [7, 11) is -3.92. The molecule has 2 amide bonds. The number of amides is 2. The van der Waals surface area contributed by atoms with Gasteiger partial charge in [-0.2, -0.15) is 5.10 Å². The Hall–Kier alpha value is -3.46. The summed E-state index contributed by atoms with van der Waals surface area (Å²) in [5.74, 6) is 0. The minimum absolute atomic E-state index is 0.0250. The van der Waals surface area contributed by atoms with E-state index in [1.165, 1.54) is 22.9 Å². The van der Waals surface area contributed by atoms with E-state index in [9.17, 15) is 18.0 Å². The van der Waals surface area contributed by atoms with Gasteiger partial charge in [0.05, 0.1) is 10.6 Å². The summed E-state index contributed by atoms with van der Waals surface area (Å²) in [6.07, 6.45) is 1.15. The molecule has 31 heavy (non-hydrogen) atoms. The molecule has 0 saturated heterocycles. The molecule has 0 aliphatic carbocycles. The van der Waals surface area contributed by atoms with Crippen LogP contribution in [0.5, 0.6) is 0 Å². The predicted molar refractivity (Wildman–Crippen MR) is 118 cm³/mol. The van der Waals surface area contributed by atoms with Crippen LogP contribution in [0.15, 0.2) is 76.4 Å². The van der Waals surface area contributed by atoms with Crippen LogP contribution in [0.1, 0.15) is 18.4 Å². The molecule has 1 heterocycles. The number of rotatable bonds is 8. The lowest BCUT2D eigenvalue weighted by atomic mass is 10.1. The van der Waals surface area contributed by atoms with E-state index in [0.717, 1.165) is 11.1 Å². The minimum Gasteiger partial charge on any atom is -0.337 e. The van der Waals surface area contributed by atoms with Gasteiger partial charge < -0.3 is 5.32 Å². The van der Waals surface area contributed by atoms with Crippen LogP contribution in [-0.2, 0) is 16.6 Å². The Labute approximate surface area is 181 Å². The van der Waals surface area contributed by atoms with Crippen LogP contribution in [0.25, 0.3) is 11.3 Å². The average Bonchev–Trinajstić information content (AvgIpc) is 2.75. The molecule has 8 nitrogen and oxygen atoms in total. The Balaban J connectivity index is 1.46. The maximum absolute atomic E-state index is 12.2. The number of urea groups is 1. The molecule has 0 bridgehead atoms. The van der Waals surface area contributed by atoms with Crippen LogP contribution in [0, 0.1) is 6.92 Å². The van der Waals surface area contributed by atoms with Crippen molar-refractivity contribution in [3.63, 3.8) is 0 Å². The molecule has 0 saturated carbocycles. The first kappa shape index (κ1) is 22.2. The topological polar surface area (TPSA) is 110 Å². The normalized spacial score (nSPS) is 11.1. The highest BCUT2D eigenvalue weighted by Crippen LogP contribution is 2.14. The summed E-state index contributed by atoms with van der Waals surface area (Å²) in [6, 6.07) is 18.2. The zero-order chi connectivity index (χ0) is 22.3. The Bertz CT molecular complexity index is 1190. The van der Waals surface area contributed by atoms with E-state index >= 15 is 0 Å². The highest BCUT2D eigenvalue weighted by Gasteiger charge is 2.16. The molecule has 0 unspecified atom stereocenters. The maximum atomic E-state index is 12.2. The van der Waals surface area contributed by atoms with Crippen molar-refractivity contribution in [2.75, 3.05) is 6.54 Å². The van der Waals surface area contributed by atoms with Crippen molar-refractivity contribution in [1.82, 2.24) is 19.8 Å². The van der Waals surface area contributed by atoms with Gasteiger partial charge in [0.1, 0.15) is 0 Å². The number of unbranched alkanes of at least 4 members (excludes halogenated alkanes) is 1. The molecule has 162 valence electrons. The Morgan fingerprint density at radius 2 is 1.68 bits per heavy atom. The van der Waals surface area contributed by atoms with Crippen molar-refractivity contribution < 1.29 is 13.2 Å². The largest absolute Gasteiger partial charge is 0.337 e. The third kappa shape index (κ3) is 6.26. The molecular weight excluding hydrogens is 416 g/mol. The number of sulfonamides is 1. The zero-order valence-electron chi connectivity index (χ0n) is 17.1. The van der Waals surface area contributed by atoms with E-state index in [1.54, 1.807) is 18.2 Å². The number of hydrogen-bond donors (Lipinski definition) is 2. The van der Waals surface area contributed by atoms with Crippen molar-refractivity contribution in [3.05, 3.63) is 82.6 Å². The number of benzene rings is 2. The fourth-order valence-corrected chi connectivity index (χ4v) is 3.82. The van der Waals surface area contributed by atoms with Gasteiger partial charge in [-0.3, -0.25) is 4.79 Å². The van der Waals surface area contributed by atoms with Gasteiger partial charge >= 0.3 is 6.03 Å². The number of carbonyl (C=O) groups excluding carboxylic acids is 1. The Morgan fingerprint density at radius 1 is 0.968 bits per heavy atom. The summed E-state index contributed by atoms with van der Waals surface area (Å²) in [5, 5.41) is 6.91. The average molecular weight is 441 g/mol. The lowest BCUT2D eigenvalue weighted by Crippen LogP contribution is -2.39. The first-order valence-corrected chi connectivity index (χ1v) is 11.3. The van der Waals surface area contributed by atoms with Crippen LogP contribution in [0.4, 0.5) is 4.79 Å². The third-order valence-electron chi connectivity index (χ3n) is 4.58.